The van der Waals surface area contributed by atoms with Gasteiger partial charge in [-0.1, -0.05) is 6.07 Å². The van der Waals surface area contributed by atoms with E-state index in [2.05, 4.69) is 15.0 Å². The van der Waals surface area contributed by atoms with Gasteiger partial charge in [-0.2, -0.15) is 5.10 Å². The van der Waals surface area contributed by atoms with Crippen LogP contribution in [0.3, 0.4) is 0 Å². The molecule has 6 nitrogen and oxygen atoms in total. The number of carbonyl (C=O) groups excluding carboxylic acids is 1. The molecule has 2 aromatic heterocycles. The highest BCUT2D eigenvalue weighted by molar-refractivity contribution is 5.79. The van der Waals surface area contributed by atoms with Crippen LogP contribution in [0.4, 0.5) is 5.82 Å². The molecule has 128 valence electrons. The van der Waals surface area contributed by atoms with E-state index in [1.807, 2.05) is 53.3 Å². The third kappa shape index (κ3) is 4.13. The van der Waals surface area contributed by atoms with Crippen molar-refractivity contribution in [2.45, 2.75) is 25.8 Å². The lowest BCUT2D eigenvalue weighted by Crippen LogP contribution is -2.44. The molecule has 6 heteroatoms. The van der Waals surface area contributed by atoms with Crippen molar-refractivity contribution in [1.82, 2.24) is 19.7 Å². The standard InChI is InChI=1S/C18H25N5O/c1-21(11-6-14-23-13-5-10-20-23)18(24)16-7-4-12-22(15-16)17-8-2-3-9-19-17/h2-3,5,8-10,13,16H,4,6-7,11-12,14-15H2,1H3. The molecule has 1 unspecified atom stereocenters. The van der Waals surface area contributed by atoms with E-state index >= 15 is 0 Å². The van der Waals surface area contributed by atoms with Crippen molar-refractivity contribution in [3.05, 3.63) is 42.9 Å². The molecule has 1 amide bonds. The molecule has 1 fully saturated rings. The van der Waals surface area contributed by atoms with Crippen LogP contribution in [0.5, 0.6) is 0 Å². The Morgan fingerprint density at radius 3 is 3.00 bits per heavy atom. The van der Waals surface area contributed by atoms with Crippen molar-refractivity contribution in [2.75, 3.05) is 31.6 Å². The second kappa shape index (κ2) is 7.95. The maximum atomic E-state index is 12.7. The molecule has 0 aliphatic carbocycles. The third-order valence-corrected chi connectivity index (χ3v) is 4.56. The second-order valence-corrected chi connectivity index (χ2v) is 6.36. The number of hydrogen-bond donors (Lipinski definition) is 0. The molecule has 1 aliphatic heterocycles. The summed E-state index contributed by atoms with van der Waals surface area (Å²) in [6.45, 7) is 3.34. The van der Waals surface area contributed by atoms with E-state index in [9.17, 15) is 4.79 Å². The van der Waals surface area contributed by atoms with Gasteiger partial charge in [-0.15, -0.1) is 0 Å². The summed E-state index contributed by atoms with van der Waals surface area (Å²) in [5.74, 6) is 1.28. The number of piperidine rings is 1. The van der Waals surface area contributed by atoms with Gasteiger partial charge < -0.3 is 9.80 Å². The number of nitrogens with zero attached hydrogens (tertiary/aromatic N) is 5. The minimum absolute atomic E-state index is 0.0652. The molecular weight excluding hydrogens is 302 g/mol. The van der Waals surface area contributed by atoms with E-state index in [4.69, 9.17) is 0 Å². The van der Waals surface area contributed by atoms with Crippen molar-refractivity contribution < 1.29 is 4.79 Å². The van der Waals surface area contributed by atoms with Gasteiger partial charge in [0, 0.05) is 51.8 Å². The highest BCUT2D eigenvalue weighted by Crippen LogP contribution is 2.22. The minimum Gasteiger partial charge on any atom is -0.356 e. The first-order valence-corrected chi connectivity index (χ1v) is 8.62. The van der Waals surface area contributed by atoms with Crippen molar-refractivity contribution in [3.63, 3.8) is 0 Å². The number of hydrogen-bond acceptors (Lipinski definition) is 4. The summed E-state index contributed by atoms with van der Waals surface area (Å²) in [7, 11) is 1.91. The van der Waals surface area contributed by atoms with Gasteiger partial charge >= 0.3 is 0 Å². The van der Waals surface area contributed by atoms with Gasteiger partial charge in [-0.3, -0.25) is 9.48 Å². The Hall–Kier alpha value is -2.37. The highest BCUT2D eigenvalue weighted by Gasteiger charge is 2.28. The second-order valence-electron chi connectivity index (χ2n) is 6.36. The molecule has 2 aromatic rings. The zero-order valence-electron chi connectivity index (χ0n) is 14.2. The van der Waals surface area contributed by atoms with E-state index in [0.29, 0.717) is 0 Å². The van der Waals surface area contributed by atoms with Crippen LogP contribution in [0.15, 0.2) is 42.9 Å². The highest BCUT2D eigenvalue weighted by atomic mass is 16.2. The van der Waals surface area contributed by atoms with Gasteiger partial charge in [0.2, 0.25) is 5.91 Å². The van der Waals surface area contributed by atoms with Crippen molar-refractivity contribution in [1.29, 1.82) is 0 Å². The molecule has 24 heavy (non-hydrogen) atoms. The molecule has 0 N–H and O–H groups in total. The monoisotopic (exact) mass is 327 g/mol. The summed E-state index contributed by atoms with van der Waals surface area (Å²) in [5.41, 5.74) is 0. The molecule has 1 atom stereocenters. The predicted molar refractivity (Wildman–Crippen MR) is 93.7 cm³/mol. The number of amides is 1. The van der Waals surface area contributed by atoms with Gasteiger partial charge in [-0.05, 0) is 37.5 Å². The summed E-state index contributed by atoms with van der Waals surface area (Å²) >= 11 is 0. The van der Waals surface area contributed by atoms with Gasteiger partial charge in [0.25, 0.3) is 0 Å². The average molecular weight is 327 g/mol. The van der Waals surface area contributed by atoms with Gasteiger partial charge in [0.05, 0.1) is 5.92 Å². The zero-order valence-corrected chi connectivity index (χ0v) is 14.2. The molecule has 1 saturated heterocycles. The van der Waals surface area contributed by atoms with Crippen LogP contribution < -0.4 is 4.90 Å². The van der Waals surface area contributed by atoms with Crippen LogP contribution in [-0.4, -0.2) is 52.3 Å². The molecule has 0 spiro atoms. The Balaban J connectivity index is 1.50. The Bertz CT molecular complexity index is 628. The largest absolute Gasteiger partial charge is 0.356 e. The van der Waals surface area contributed by atoms with Crippen LogP contribution >= 0.6 is 0 Å². The first-order valence-electron chi connectivity index (χ1n) is 8.62. The molecule has 0 aromatic carbocycles. The first kappa shape index (κ1) is 16.5. The quantitative estimate of drug-likeness (QED) is 0.815. The van der Waals surface area contributed by atoms with Crippen LogP contribution in [0, 0.1) is 5.92 Å². The molecule has 0 bridgehead atoms. The topological polar surface area (TPSA) is 54.3 Å². The fourth-order valence-corrected chi connectivity index (χ4v) is 3.25. The lowest BCUT2D eigenvalue weighted by atomic mass is 9.96. The molecule has 3 rings (SSSR count). The summed E-state index contributed by atoms with van der Waals surface area (Å²) in [6, 6.07) is 7.85. The van der Waals surface area contributed by atoms with Crippen molar-refractivity contribution >= 4 is 11.7 Å². The molecule has 0 radical (unpaired) electrons. The Labute approximate surface area is 143 Å². The molecule has 3 heterocycles. The average Bonchev–Trinajstić information content (AvgIpc) is 3.15. The van der Waals surface area contributed by atoms with Gasteiger partial charge in [0.15, 0.2) is 0 Å². The number of anilines is 1. The summed E-state index contributed by atoms with van der Waals surface area (Å²) in [4.78, 5) is 21.2. The summed E-state index contributed by atoms with van der Waals surface area (Å²) < 4.78 is 1.90. The maximum Gasteiger partial charge on any atom is 0.227 e. The van der Waals surface area contributed by atoms with Gasteiger partial charge in [-0.25, -0.2) is 4.98 Å². The molecular formula is C18H25N5O. The fraction of sp³-hybridized carbons (Fsp3) is 0.500. The van der Waals surface area contributed by atoms with Crippen molar-refractivity contribution in [2.24, 2.45) is 5.92 Å². The fourth-order valence-electron chi connectivity index (χ4n) is 3.25. The van der Waals surface area contributed by atoms with E-state index in [1.165, 1.54) is 0 Å². The first-order chi connectivity index (χ1) is 11.7. The van der Waals surface area contributed by atoms with Gasteiger partial charge in [0.1, 0.15) is 5.82 Å². The molecule has 1 aliphatic rings. The number of rotatable bonds is 6. The molecule has 0 saturated carbocycles. The smallest absolute Gasteiger partial charge is 0.227 e. The number of pyridine rings is 1. The lowest BCUT2D eigenvalue weighted by Gasteiger charge is -2.34. The third-order valence-electron chi connectivity index (χ3n) is 4.56. The van der Waals surface area contributed by atoms with E-state index in [0.717, 1.165) is 51.3 Å². The number of aromatic nitrogens is 3. The lowest BCUT2D eigenvalue weighted by molar-refractivity contribution is -0.134. The van der Waals surface area contributed by atoms with E-state index in [-0.39, 0.29) is 11.8 Å². The Kier molecular flexibility index (Phi) is 5.46. The summed E-state index contributed by atoms with van der Waals surface area (Å²) in [6.07, 6.45) is 8.46. The number of aryl methyl sites for hydroxylation is 1. The van der Waals surface area contributed by atoms with E-state index < -0.39 is 0 Å². The van der Waals surface area contributed by atoms with Crippen LogP contribution in [-0.2, 0) is 11.3 Å². The van der Waals surface area contributed by atoms with Crippen molar-refractivity contribution in [3.8, 4) is 0 Å². The van der Waals surface area contributed by atoms with Crippen LogP contribution in [0.25, 0.3) is 0 Å². The minimum atomic E-state index is 0.0652. The Morgan fingerprint density at radius 1 is 1.33 bits per heavy atom. The Morgan fingerprint density at radius 2 is 2.25 bits per heavy atom. The number of carbonyl (C=O) groups is 1. The van der Waals surface area contributed by atoms with E-state index in [1.54, 1.807) is 6.20 Å². The van der Waals surface area contributed by atoms with Crippen LogP contribution in [0.1, 0.15) is 19.3 Å². The predicted octanol–water partition coefficient (Wildman–Crippen LogP) is 2.04. The zero-order chi connectivity index (χ0) is 16.8. The summed E-state index contributed by atoms with van der Waals surface area (Å²) in [5, 5.41) is 4.19. The SMILES string of the molecule is CN(CCCn1cccn1)C(=O)C1CCCN(c2ccccn2)C1. The van der Waals surface area contributed by atoms with Crippen LogP contribution in [0.2, 0.25) is 0 Å². The normalized spacial score (nSPS) is 17.7. The maximum absolute atomic E-state index is 12.7.